The van der Waals surface area contributed by atoms with Gasteiger partial charge in [-0.3, -0.25) is 18.7 Å². The number of anilines is 2. The van der Waals surface area contributed by atoms with Gasteiger partial charge < -0.3 is 10.4 Å². The predicted octanol–water partition coefficient (Wildman–Crippen LogP) is 3.56. The number of rotatable bonds is 5. The van der Waals surface area contributed by atoms with E-state index in [-0.39, 0.29) is 37.8 Å². The van der Waals surface area contributed by atoms with Crippen molar-refractivity contribution in [2.75, 3.05) is 5.32 Å². The average molecular weight is 631 g/mol. The maximum atomic E-state index is 14.1. The minimum atomic E-state index is -5.01. The molecular formula is C31H22N2O9S2. The molecule has 0 fully saturated rings. The number of nitrogens with zero attached hydrogens (tertiary/aromatic N) is 1. The van der Waals surface area contributed by atoms with Crippen LogP contribution in [0.3, 0.4) is 0 Å². The third-order valence-electron chi connectivity index (χ3n) is 7.57. The number of benzene rings is 4. The highest BCUT2D eigenvalue weighted by Crippen LogP contribution is 2.32. The SMILES string of the molecule is Cc1ccc(Nc2cc(S(=O)(=O)O)c3nc(=O)c(=C(O)c4cccc(S(=O)(=O)O)c4)c4c5ccccc5c(=O)c2c3=4)cc1C. The average Bonchev–Trinajstić information content (AvgIpc) is 2.96. The summed E-state index contributed by atoms with van der Waals surface area (Å²) in [7, 11) is -9.69. The van der Waals surface area contributed by atoms with Crippen LogP contribution in [0.4, 0.5) is 11.4 Å². The molecule has 0 spiro atoms. The molecule has 222 valence electrons. The van der Waals surface area contributed by atoms with Gasteiger partial charge in [0.05, 0.1) is 26.7 Å². The van der Waals surface area contributed by atoms with Gasteiger partial charge in [0, 0.05) is 27.1 Å². The van der Waals surface area contributed by atoms with Crippen LogP contribution in [0.25, 0.3) is 27.4 Å². The molecule has 0 aromatic heterocycles. The van der Waals surface area contributed by atoms with Gasteiger partial charge in [0.25, 0.3) is 25.8 Å². The number of fused-ring (bicyclic) bond motifs is 2. The Hall–Kier alpha value is -4.95. The van der Waals surface area contributed by atoms with Gasteiger partial charge in [-0.2, -0.15) is 16.8 Å². The zero-order chi connectivity index (χ0) is 31.7. The predicted molar refractivity (Wildman–Crippen MR) is 164 cm³/mol. The van der Waals surface area contributed by atoms with E-state index in [0.29, 0.717) is 5.69 Å². The highest BCUT2D eigenvalue weighted by atomic mass is 32.2. The van der Waals surface area contributed by atoms with Gasteiger partial charge in [0.15, 0.2) is 5.43 Å². The second kappa shape index (κ2) is 10.1. The van der Waals surface area contributed by atoms with Crippen LogP contribution in [-0.2, 0) is 20.2 Å². The van der Waals surface area contributed by atoms with E-state index in [2.05, 4.69) is 10.3 Å². The number of aliphatic hydroxyl groups is 1. The van der Waals surface area contributed by atoms with E-state index in [0.717, 1.165) is 29.3 Å². The molecule has 13 heteroatoms. The van der Waals surface area contributed by atoms with Crippen LogP contribution in [-0.4, -0.2) is 36.0 Å². The van der Waals surface area contributed by atoms with E-state index in [4.69, 9.17) is 0 Å². The topological polar surface area (TPSA) is 188 Å². The van der Waals surface area contributed by atoms with Gasteiger partial charge in [-0.25, -0.2) is 4.98 Å². The Labute approximate surface area is 249 Å². The Morgan fingerprint density at radius 2 is 1.48 bits per heavy atom. The van der Waals surface area contributed by atoms with E-state index in [1.54, 1.807) is 24.3 Å². The maximum absolute atomic E-state index is 14.1. The minimum absolute atomic E-state index is 0.00612. The fourth-order valence-electron chi connectivity index (χ4n) is 5.37. The maximum Gasteiger partial charge on any atom is 0.296 e. The Bertz CT molecular complexity index is 2660. The molecule has 0 unspecified atom stereocenters. The molecule has 6 rings (SSSR count). The van der Waals surface area contributed by atoms with Gasteiger partial charge in [0.2, 0.25) is 0 Å². The molecule has 0 saturated heterocycles. The van der Waals surface area contributed by atoms with E-state index in [1.165, 1.54) is 24.3 Å². The second-order valence-corrected chi connectivity index (χ2v) is 13.1. The monoisotopic (exact) mass is 630 g/mol. The molecule has 11 nitrogen and oxygen atoms in total. The van der Waals surface area contributed by atoms with Crippen LogP contribution in [0.5, 0.6) is 0 Å². The van der Waals surface area contributed by atoms with Gasteiger partial charge in [-0.1, -0.05) is 42.5 Å². The first-order valence-electron chi connectivity index (χ1n) is 13.0. The van der Waals surface area contributed by atoms with E-state index >= 15 is 0 Å². The van der Waals surface area contributed by atoms with Crippen molar-refractivity contribution in [2.24, 2.45) is 0 Å². The quantitative estimate of drug-likeness (QED) is 0.204. The third kappa shape index (κ3) is 4.72. The molecule has 4 aromatic carbocycles. The Morgan fingerprint density at radius 3 is 2.14 bits per heavy atom. The van der Waals surface area contributed by atoms with Crippen LogP contribution in [0, 0.1) is 24.3 Å². The first kappa shape index (κ1) is 29.1. The van der Waals surface area contributed by atoms with Crippen molar-refractivity contribution in [3.8, 4) is 0 Å². The summed E-state index contributed by atoms with van der Waals surface area (Å²) in [6.45, 7) is 3.78. The molecule has 4 N–H and O–H groups in total. The van der Waals surface area contributed by atoms with Gasteiger partial charge in [-0.05, 0) is 60.7 Å². The normalized spacial score (nSPS) is 13.1. The lowest BCUT2D eigenvalue weighted by Gasteiger charge is -2.15. The molecule has 0 amide bonds. The molecule has 0 radical (unpaired) electrons. The summed E-state index contributed by atoms with van der Waals surface area (Å²) in [5, 5.41) is 14.2. The van der Waals surface area contributed by atoms with Crippen LogP contribution >= 0.6 is 0 Å². The van der Waals surface area contributed by atoms with Crippen molar-refractivity contribution >= 4 is 59.0 Å². The Balaban J connectivity index is 1.92. The molecule has 0 saturated carbocycles. The number of aryl methyl sites for hydroxylation is 2. The summed E-state index contributed by atoms with van der Waals surface area (Å²) in [6, 6.07) is 17.1. The highest BCUT2D eigenvalue weighted by molar-refractivity contribution is 7.86. The van der Waals surface area contributed by atoms with Gasteiger partial charge >= 0.3 is 0 Å². The largest absolute Gasteiger partial charge is 0.506 e. The van der Waals surface area contributed by atoms with E-state index in [1.807, 2.05) is 19.9 Å². The van der Waals surface area contributed by atoms with Crippen molar-refractivity contribution in [2.45, 2.75) is 23.6 Å². The number of nitrogens with one attached hydrogen (secondary N) is 1. The third-order valence-corrected chi connectivity index (χ3v) is 9.28. The fourth-order valence-corrected chi connectivity index (χ4v) is 6.55. The van der Waals surface area contributed by atoms with Crippen LogP contribution < -0.4 is 21.5 Å². The molecule has 1 aliphatic carbocycles. The number of hydrogen-bond acceptors (Lipinski definition) is 9. The minimum Gasteiger partial charge on any atom is -0.506 e. The van der Waals surface area contributed by atoms with Crippen molar-refractivity contribution < 1.29 is 31.0 Å². The number of aliphatic hydroxyl groups excluding tert-OH is 1. The van der Waals surface area contributed by atoms with Crippen molar-refractivity contribution in [1.29, 1.82) is 0 Å². The molecule has 44 heavy (non-hydrogen) atoms. The zero-order valence-corrected chi connectivity index (χ0v) is 24.6. The van der Waals surface area contributed by atoms with E-state index < -0.39 is 57.5 Å². The second-order valence-electron chi connectivity index (χ2n) is 10.3. The lowest BCUT2D eigenvalue weighted by Crippen LogP contribution is -2.33. The summed E-state index contributed by atoms with van der Waals surface area (Å²) in [6.07, 6.45) is 0. The molecule has 0 atom stereocenters. The highest BCUT2D eigenvalue weighted by Gasteiger charge is 2.25. The molecule has 4 aromatic rings. The lowest BCUT2D eigenvalue weighted by molar-refractivity contribution is 0.481. The Kier molecular flexibility index (Phi) is 6.66. The molecule has 2 aliphatic rings. The zero-order valence-electron chi connectivity index (χ0n) is 23.0. The first-order valence-corrected chi connectivity index (χ1v) is 15.9. The summed E-state index contributed by atoms with van der Waals surface area (Å²) >= 11 is 0. The van der Waals surface area contributed by atoms with Crippen LogP contribution in [0.2, 0.25) is 0 Å². The summed E-state index contributed by atoms with van der Waals surface area (Å²) in [5.74, 6) is -0.735. The van der Waals surface area contributed by atoms with Gasteiger partial charge in [-0.15, -0.1) is 0 Å². The number of aromatic nitrogens is 1. The fraction of sp³-hybridized carbons (Fsp3) is 0.0645. The number of hydrogen-bond donors (Lipinski definition) is 4. The lowest BCUT2D eigenvalue weighted by atomic mass is 9.96. The van der Waals surface area contributed by atoms with Gasteiger partial charge in [0.1, 0.15) is 10.7 Å². The standard InChI is InChI=1S/C31H22N2O9S2/c1-15-10-11-18(12-16(15)2)32-22-14-23(44(40,41)42)28-26-24(20-8-3-4-9-21(20)30(35)25(22)26)27(31(36)33-28)29(34)17-6-5-7-19(13-17)43(37,38)39/h3-14,32,34H,1-2H3,(H,37,38,39)(H,40,41,42). The van der Waals surface area contributed by atoms with Crippen molar-refractivity contribution in [3.05, 3.63) is 126 Å². The van der Waals surface area contributed by atoms with Crippen molar-refractivity contribution in [3.63, 3.8) is 0 Å². The first-order chi connectivity index (χ1) is 20.7. The molecule has 1 aliphatic heterocycles. The smallest absolute Gasteiger partial charge is 0.296 e. The summed E-state index contributed by atoms with van der Waals surface area (Å²) in [5.41, 5.74) is 0.0779. The van der Waals surface area contributed by atoms with Crippen LogP contribution in [0.1, 0.15) is 16.7 Å². The summed E-state index contributed by atoms with van der Waals surface area (Å²) < 4.78 is 68.7. The molecule has 1 heterocycles. The van der Waals surface area contributed by atoms with Crippen LogP contribution in [0.15, 0.2) is 92.2 Å². The van der Waals surface area contributed by atoms with Crippen molar-refractivity contribution in [1.82, 2.24) is 4.98 Å². The van der Waals surface area contributed by atoms with E-state index in [9.17, 15) is 40.6 Å². The molecule has 0 bridgehead atoms. The Morgan fingerprint density at radius 1 is 0.773 bits per heavy atom. The molecular weight excluding hydrogens is 608 g/mol. The summed E-state index contributed by atoms with van der Waals surface area (Å²) in [4.78, 5) is 30.3.